The first kappa shape index (κ1) is 61.1. The van der Waals surface area contributed by atoms with E-state index in [1.807, 2.05) is 103 Å². The number of fused-ring (bicyclic) bond motifs is 5. The third-order valence-electron chi connectivity index (χ3n) is 18.6. The van der Waals surface area contributed by atoms with Crippen molar-refractivity contribution in [3.8, 4) is 79.3 Å². The Balaban J connectivity index is 0.557. The van der Waals surface area contributed by atoms with E-state index in [1.165, 1.54) is 60.5 Å². The van der Waals surface area contributed by atoms with E-state index in [4.69, 9.17) is 9.47 Å². The van der Waals surface area contributed by atoms with Crippen LogP contribution in [0.5, 0.6) is 23.0 Å². The van der Waals surface area contributed by atoms with Crippen molar-refractivity contribution >= 4 is 81.8 Å². The van der Waals surface area contributed by atoms with Crippen LogP contribution in [0.15, 0.2) is 267 Å². The highest BCUT2D eigenvalue weighted by atomic mass is 16.5. The third-order valence-corrected chi connectivity index (χ3v) is 18.6. The van der Waals surface area contributed by atoms with Crippen LogP contribution in [0, 0.1) is 11.8 Å². The van der Waals surface area contributed by atoms with Gasteiger partial charge in [-0.3, -0.25) is 52.8 Å². The van der Waals surface area contributed by atoms with Gasteiger partial charge >= 0.3 is 0 Å². The van der Waals surface area contributed by atoms with Crippen molar-refractivity contribution < 1.29 is 57.4 Å². The molecule has 0 radical (unpaired) electrons. The summed E-state index contributed by atoms with van der Waals surface area (Å²) < 4.78 is 12.3. The van der Waals surface area contributed by atoms with Crippen molar-refractivity contribution in [2.75, 3.05) is 26.6 Å². The summed E-state index contributed by atoms with van der Waals surface area (Å²) in [5, 5.41) is 0. The molecule has 5 aliphatic rings. The summed E-state index contributed by atoms with van der Waals surface area (Å²) in [6.45, 7) is 0. The molecule has 0 spiro atoms. The maximum atomic E-state index is 14.3. The predicted molar refractivity (Wildman–Crippen MR) is 380 cm³/mol. The zero-order chi connectivity index (χ0) is 69.8. The molecule has 0 bridgehead atoms. The average molecular weight is 1330 g/mol. The van der Waals surface area contributed by atoms with Crippen molar-refractivity contribution in [1.82, 2.24) is 4.90 Å². The molecule has 17 heteroatoms. The molecule has 0 aromatic heterocycles. The highest BCUT2D eigenvalue weighted by Gasteiger charge is 2.42. The minimum Gasteiger partial charge on any atom is -0.457 e. The maximum Gasteiger partial charge on any atom is 0.266 e. The van der Waals surface area contributed by atoms with Crippen LogP contribution < -0.4 is 29.1 Å². The van der Waals surface area contributed by atoms with Crippen molar-refractivity contribution in [2.45, 2.75) is 0 Å². The van der Waals surface area contributed by atoms with Gasteiger partial charge in [-0.2, -0.15) is 0 Å². The van der Waals surface area contributed by atoms with Gasteiger partial charge in [0.05, 0.1) is 78.4 Å². The fourth-order valence-electron chi connectivity index (χ4n) is 13.5. The van der Waals surface area contributed by atoms with E-state index in [0.717, 1.165) is 53.0 Å². The lowest BCUT2D eigenvalue weighted by Crippen LogP contribution is -2.29. The molecule has 0 N–H and O–H groups in total. The predicted octanol–water partition coefficient (Wildman–Crippen LogP) is 15.8. The summed E-state index contributed by atoms with van der Waals surface area (Å²) in [4.78, 5) is 143. The van der Waals surface area contributed by atoms with E-state index in [1.54, 1.807) is 115 Å². The van der Waals surface area contributed by atoms with Gasteiger partial charge in [-0.05, 0) is 208 Å². The van der Waals surface area contributed by atoms with Gasteiger partial charge in [-0.1, -0.05) is 115 Å². The lowest BCUT2D eigenvalue weighted by Gasteiger charge is -2.16. The summed E-state index contributed by atoms with van der Waals surface area (Å²) >= 11 is 0. The lowest BCUT2D eigenvalue weighted by molar-refractivity contribution is 0.0689. The van der Waals surface area contributed by atoms with Crippen molar-refractivity contribution in [3.05, 3.63) is 334 Å². The van der Waals surface area contributed by atoms with Crippen LogP contribution in [-0.2, 0) is 0 Å². The molecule has 17 rings (SSSR count). The first-order valence-electron chi connectivity index (χ1n) is 32.2. The monoisotopic (exact) mass is 1330 g/mol. The molecule has 17 nitrogen and oxygen atoms in total. The van der Waals surface area contributed by atoms with Crippen LogP contribution in [0.4, 0.5) is 22.7 Å². The highest BCUT2D eigenvalue weighted by molar-refractivity contribution is 6.37. The summed E-state index contributed by atoms with van der Waals surface area (Å²) in [6, 6.07) is 76.0. The number of nitrogens with zero attached hydrogens (tertiary/aromatic N) is 5. The van der Waals surface area contributed by atoms with Gasteiger partial charge in [0, 0.05) is 18.2 Å². The van der Waals surface area contributed by atoms with Crippen LogP contribution in [0.25, 0.3) is 44.5 Å². The fourth-order valence-corrected chi connectivity index (χ4v) is 13.5. The Hall–Kier alpha value is -14.5. The second-order valence-corrected chi connectivity index (χ2v) is 24.7. The second kappa shape index (κ2) is 23.9. The van der Waals surface area contributed by atoms with E-state index >= 15 is 0 Å². The molecule has 0 saturated heterocycles. The van der Waals surface area contributed by atoms with E-state index in [9.17, 15) is 47.9 Å². The van der Waals surface area contributed by atoms with Crippen LogP contribution in [0.1, 0.15) is 115 Å². The molecule has 0 fully saturated rings. The molecular weight excluding hydrogens is 1280 g/mol. The van der Waals surface area contributed by atoms with Crippen LogP contribution >= 0.6 is 0 Å². The van der Waals surface area contributed by atoms with E-state index in [2.05, 4.69) is 11.8 Å². The number of amides is 10. The van der Waals surface area contributed by atoms with Gasteiger partial charge in [-0.15, -0.1) is 0 Å². The van der Waals surface area contributed by atoms with Crippen LogP contribution in [-0.4, -0.2) is 71.0 Å². The molecule has 12 aromatic carbocycles. The molecule has 0 saturated carbocycles. The number of rotatable bonds is 12. The quantitative estimate of drug-likeness (QED) is 0.0827. The SMILES string of the molecule is CN1C(=O)c2ccc(Oc3ccc4c(c3)C(=O)N(c3cccc(-c5cccc(-c6cccc(N7C(=O)c8ccc(Oc9ccc%10c(c9)C(=O)N(c9cccc(-c%11cccc(-c%12cccc(N%13C(=O)c%14ccc(C#Cc%15ccccc%15)cc%14C%13=O)c%12)c%11)c9)C%10=O)cc8C7=O)c6)c5)c3)C4=O)cc2C1=O. The zero-order valence-electron chi connectivity index (χ0n) is 53.5. The number of imide groups is 5. The topological polar surface area (TPSA) is 205 Å². The molecule has 12 aromatic rings. The molecular formula is C85H47N5O12. The number of ether oxygens (including phenoxy) is 2. The number of hydrogen-bond acceptors (Lipinski definition) is 12. The Morgan fingerprint density at radius 3 is 0.814 bits per heavy atom. The second-order valence-electron chi connectivity index (χ2n) is 24.7. The summed E-state index contributed by atoms with van der Waals surface area (Å²) in [6.07, 6.45) is 0. The average Bonchev–Trinajstić information content (AvgIpc) is 1.62. The van der Waals surface area contributed by atoms with E-state index in [0.29, 0.717) is 50.6 Å². The third kappa shape index (κ3) is 10.3. The number of anilines is 4. The molecule has 102 heavy (non-hydrogen) atoms. The van der Waals surface area contributed by atoms with Gasteiger partial charge in [0.2, 0.25) is 0 Å². The van der Waals surface area contributed by atoms with Crippen molar-refractivity contribution in [2.24, 2.45) is 0 Å². The molecule has 5 heterocycles. The first-order valence-corrected chi connectivity index (χ1v) is 32.2. The number of carbonyl (C=O) groups excluding carboxylic acids is 10. The highest BCUT2D eigenvalue weighted by Crippen LogP contribution is 2.41. The number of benzene rings is 12. The Kier molecular flexibility index (Phi) is 14.3. The Labute approximate surface area is 580 Å². The Bertz CT molecular complexity index is 5910. The minimum absolute atomic E-state index is 0.0948. The van der Waals surface area contributed by atoms with E-state index < -0.39 is 59.1 Å². The largest absolute Gasteiger partial charge is 0.457 e. The molecule has 484 valence electrons. The normalized spacial score (nSPS) is 14.1. The standard InChI is InChI=1S/C85H47N5O12/c1-86-76(91)66-33-28-62(44-72(66)77(86)92)101-63-29-34-68-73(45-63)83(98)88(79(68)94)59-22-9-19-56(42-59)52-15-6-16-53(39-52)57-20-10-24-61(43-57)90-81(96)70-36-31-65(47-75(70)85(90)100)102-64-30-35-69-74(46-64)84(99)89(80(69)95)60-23-8-18-55(41-60)51-14-5-13-50(38-51)54-17-7-21-58(40-54)87-78(93)67-32-27-49(37-71(67)82(87)97)26-25-48-11-3-2-4-12-48/h2-24,27-47H,1H3. The summed E-state index contributed by atoms with van der Waals surface area (Å²) in [5.41, 5.74) is 10.5. The number of hydrogen-bond donors (Lipinski definition) is 0. The Morgan fingerprint density at radius 2 is 0.471 bits per heavy atom. The first-order chi connectivity index (χ1) is 49.6. The van der Waals surface area contributed by atoms with Gasteiger partial charge in [0.1, 0.15) is 23.0 Å². The minimum atomic E-state index is -0.586. The van der Waals surface area contributed by atoms with E-state index in [-0.39, 0.29) is 73.1 Å². The molecule has 10 amide bonds. The fraction of sp³-hybridized carbons (Fsp3) is 0.0118. The Morgan fingerprint density at radius 1 is 0.216 bits per heavy atom. The van der Waals surface area contributed by atoms with Crippen LogP contribution in [0.3, 0.4) is 0 Å². The number of carbonyl (C=O) groups is 10. The van der Waals surface area contributed by atoms with Crippen molar-refractivity contribution in [3.63, 3.8) is 0 Å². The van der Waals surface area contributed by atoms with Crippen molar-refractivity contribution in [1.29, 1.82) is 0 Å². The van der Waals surface area contributed by atoms with Crippen LogP contribution in [0.2, 0.25) is 0 Å². The summed E-state index contributed by atoms with van der Waals surface area (Å²) in [7, 11) is 1.40. The van der Waals surface area contributed by atoms with Gasteiger partial charge in [0.25, 0.3) is 59.1 Å². The summed E-state index contributed by atoms with van der Waals surface area (Å²) in [5.74, 6) is 2.05. The molecule has 0 aliphatic carbocycles. The molecule has 0 atom stereocenters. The maximum absolute atomic E-state index is 14.3. The zero-order valence-corrected chi connectivity index (χ0v) is 53.5. The van der Waals surface area contributed by atoms with Gasteiger partial charge in [-0.25, -0.2) is 19.6 Å². The lowest BCUT2D eigenvalue weighted by atomic mass is 9.98. The molecule has 0 unspecified atom stereocenters. The smallest absolute Gasteiger partial charge is 0.266 e. The molecule has 5 aliphatic heterocycles. The van der Waals surface area contributed by atoms with Gasteiger partial charge < -0.3 is 9.47 Å². The van der Waals surface area contributed by atoms with Gasteiger partial charge in [0.15, 0.2) is 0 Å².